The third-order valence-electron chi connectivity index (χ3n) is 2.86. The lowest BCUT2D eigenvalue weighted by molar-refractivity contribution is 0.0965. The van der Waals surface area contributed by atoms with Crippen molar-refractivity contribution in [3.63, 3.8) is 0 Å². The van der Waals surface area contributed by atoms with Crippen LogP contribution in [0, 0.1) is 13.8 Å². The molecule has 5 heteroatoms. The predicted octanol–water partition coefficient (Wildman–Crippen LogP) is 1.08. The zero-order chi connectivity index (χ0) is 13.3. The molecule has 0 atom stereocenters. The highest BCUT2D eigenvalue weighted by atomic mass is 16.2. The standard InChI is InChI=1S/C13H15N3O2/c1-9-4-5-11(10(2)6-9)12(17)7-16-13(18)15(3)8-14-16/h4-6,8H,7H2,1-3H3. The van der Waals surface area contributed by atoms with Crippen LogP contribution in [0.1, 0.15) is 21.5 Å². The summed E-state index contributed by atoms with van der Waals surface area (Å²) < 4.78 is 2.51. The molecule has 0 amide bonds. The highest BCUT2D eigenvalue weighted by Crippen LogP contribution is 2.11. The summed E-state index contributed by atoms with van der Waals surface area (Å²) >= 11 is 0. The maximum atomic E-state index is 12.1. The quantitative estimate of drug-likeness (QED) is 0.760. The number of benzene rings is 1. The number of aromatic nitrogens is 3. The van der Waals surface area contributed by atoms with E-state index < -0.39 is 0 Å². The third kappa shape index (κ3) is 2.25. The van der Waals surface area contributed by atoms with Gasteiger partial charge in [-0.25, -0.2) is 9.48 Å². The van der Waals surface area contributed by atoms with Crippen molar-refractivity contribution in [2.75, 3.05) is 0 Å². The monoisotopic (exact) mass is 245 g/mol. The van der Waals surface area contributed by atoms with Gasteiger partial charge in [-0.2, -0.15) is 5.10 Å². The van der Waals surface area contributed by atoms with Crippen molar-refractivity contribution in [2.24, 2.45) is 7.05 Å². The zero-order valence-corrected chi connectivity index (χ0v) is 10.7. The first-order valence-electron chi connectivity index (χ1n) is 5.68. The van der Waals surface area contributed by atoms with Gasteiger partial charge in [-0.05, 0) is 19.4 Å². The number of hydrogen-bond acceptors (Lipinski definition) is 3. The second kappa shape index (κ2) is 4.60. The van der Waals surface area contributed by atoms with Crippen molar-refractivity contribution in [1.29, 1.82) is 0 Å². The maximum Gasteiger partial charge on any atom is 0.345 e. The van der Waals surface area contributed by atoms with Gasteiger partial charge < -0.3 is 0 Å². The molecule has 1 heterocycles. The van der Waals surface area contributed by atoms with Gasteiger partial charge in [0.2, 0.25) is 0 Å². The number of rotatable bonds is 3. The Balaban J connectivity index is 2.27. The van der Waals surface area contributed by atoms with Crippen LogP contribution in [-0.4, -0.2) is 20.1 Å². The Kier molecular flexibility index (Phi) is 3.14. The molecule has 2 aromatic rings. The van der Waals surface area contributed by atoms with Crippen LogP contribution in [0.25, 0.3) is 0 Å². The molecule has 0 fully saturated rings. The smallest absolute Gasteiger partial charge is 0.292 e. The van der Waals surface area contributed by atoms with E-state index in [0.717, 1.165) is 11.1 Å². The van der Waals surface area contributed by atoms with Gasteiger partial charge in [0.1, 0.15) is 12.9 Å². The maximum absolute atomic E-state index is 12.1. The molecule has 0 aliphatic heterocycles. The van der Waals surface area contributed by atoms with E-state index >= 15 is 0 Å². The first-order valence-corrected chi connectivity index (χ1v) is 5.68. The summed E-state index contributed by atoms with van der Waals surface area (Å²) in [5.41, 5.74) is 2.38. The van der Waals surface area contributed by atoms with Gasteiger partial charge >= 0.3 is 5.69 Å². The van der Waals surface area contributed by atoms with E-state index in [9.17, 15) is 9.59 Å². The second-order valence-electron chi connectivity index (χ2n) is 4.42. The summed E-state index contributed by atoms with van der Waals surface area (Å²) in [6, 6.07) is 5.64. The average molecular weight is 245 g/mol. The van der Waals surface area contributed by atoms with Crippen LogP contribution < -0.4 is 5.69 Å². The van der Waals surface area contributed by atoms with E-state index in [0.29, 0.717) is 5.56 Å². The molecule has 0 spiro atoms. The van der Waals surface area contributed by atoms with Crippen LogP contribution in [0.3, 0.4) is 0 Å². The molecule has 0 unspecified atom stereocenters. The molecule has 0 bridgehead atoms. The van der Waals surface area contributed by atoms with Crippen LogP contribution >= 0.6 is 0 Å². The van der Waals surface area contributed by atoms with Gasteiger partial charge in [-0.1, -0.05) is 23.8 Å². The summed E-state index contributed by atoms with van der Waals surface area (Å²) in [5, 5.41) is 3.87. The van der Waals surface area contributed by atoms with E-state index in [1.807, 2.05) is 26.0 Å². The second-order valence-corrected chi connectivity index (χ2v) is 4.42. The number of ketones is 1. The van der Waals surface area contributed by atoms with E-state index in [1.54, 1.807) is 13.1 Å². The Morgan fingerprint density at radius 2 is 2.06 bits per heavy atom. The minimum atomic E-state index is -0.284. The van der Waals surface area contributed by atoms with E-state index in [-0.39, 0.29) is 18.0 Å². The van der Waals surface area contributed by atoms with Crippen LogP contribution in [0.15, 0.2) is 29.3 Å². The van der Waals surface area contributed by atoms with Gasteiger partial charge in [-0.15, -0.1) is 0 Å². The molecule has 2 rings (SSSR count). The molecule has 0 aliphatic rings. The third-order valence-corrected chi connectivity index (χ3v) is 2.86. The van der Waals surface area contributed by atoms with Gasteiger partial charge in [-0.3, -0.25) is 9.36 Å². The van der Waals surface area contributed by atoms with Crippen LogP contribution in [0.5, 0.6) is 0 Å². The Morgan fingerprint density at radius 1 is 1.33 bits per heavy atom. The van der Waals surface area contributed by atoms with Crippen LogP contribution in [-0.2, 0) is 13.6 Å². The highest BCUT2D eigenvalue weighted by molar-refractivity contribution is 5.97. The van der Waals surface area contributed by atoms with Crippen molar-refractivity contribution in [3.05, 3.63) is 51.7 Å². The largest absolute Gasteiger partial charge is 0.345 e. The van der Waals surface area contributed by atoms with E-state index in [1.165, 1.54) is 15.6 Å². The molecule has 0 saturated heterocycles. The number of Topliss-reactive ketones (excluding diaryl/α,β-unsaturated/α-hetero) is 1. The topological polar surface area (TPSA) is 56.9 Å². The Morgan fingerprint density at radius 3 is 2.61 bits per heavy atom. The molecule has 94 valence electrons. The summed E-state index contributed by atoms with van der Waals surface area (Å²) in [6.45, 7) is 3.84. The molecule has 18 heavy (non-hydrogen) atoms. The van der Waals surface area contributed by atoms with Crippen molar-refractivity contribution >= 4 is 5.78 Å². The molecular formula is C13H15N3O2. The lowest BCUT2D eigenvalue weighted by Gasteiger charge is -2.05. The van der Waals surface area contributed by atoms with Gasteiger partial charge in [0, 0.05) is 12.6 Å². The summed E-state index contributed by atoms with van der Waals surface area (Å²) in [5.74, 6) is -0.103. The van der Waals surface area contributed by atoms with Crippen LogP contribution in [0.4, 0.5) is 0 Å². The molecule has 1 aromatic heterocycles. The molecular weight excluding hydrogens is 230 g/mol. The fourth-order valence-electron chi connectivity index (χ4n) is 1.88. The van der Waals surface area contributed by atoms with Crippen molar-refractivity contribution in [2.45, 2.75) is 20.4 Å². The lowest BCUT2D eigenvalue weighted by atomic mass is 10.0. The Labute approximate surface area is 105 Å². The van der Waals surface area contributed by atoms with Crippen molar-refractivity contribution in [1.82, 2.24) is 14.3 Å². The van der Waals surface area contributed by atoms with Crippen molar-refractivity contribution in [3.8, 4) is 0 Å². The molecule has 1 aromatic carbocycles. The minimum absolute atomic E-state index is 0.0242. The Bertz CT molecular complexity index is 652. The number of hydrogen-bond donors (Lipinski definition) is 0. The van der Waals surface area contributed by atoms with E-state index in [4.69, 9.17) is 0 Å². The van der Waals surface area contributed by atoms with Crippen molar-refractivity contribution < 1.29 is 4.79 Å². The lowest BCUT2D eigenvalue weighted by Crippen LogP contribution is -2.26. The van der Waals surface area contributed by atoms with E-state index in [2.05, 4.69) is 5.10 Å². The summed E-state index contributed by atoms with van der Waals surface area (Å²) in [4.78, 5) is 23.7. The molecule has 5 nitrogen and oxygen atoms in total. The number of aryl methyl sites for hydroxylation is 3. The predicted molar refractivity (Wildman–Crippen MR) is 67.7 cm³/mol. The summed E-state index contributed by atoms with van der Waals surface area (Å²) in [6.07, 6.45) is 1.40. The van der Waals surface area contributed by atoms with Gasteiger partial charge in [0.25, 0.3) is 0 Å². The fourth-order valence-corrected chi connectivity index (χ4v) is 1.88. The van der Waals surface area contributed by atoms with Gasteiger partial charge in [0.15, 0.2) is 5.78 Å². The number of carbonyl (C=O) groups is 1. The normalized spacial score (nSPS) is 10.6. The fraction of sp³-hybridized carbons (Fsp3) is 0.308. The molecule has 0 N–H and O–H groups in total. The van der Waals surface area contributed by atoms with Crippen LogP contribution in [0.2, 0.25) is 0 Å². The number of carbonyl (C=O) groups excluding carboxylic acids is 1. The minimum Gasteiger partial charge on any atom is -0.292 e. The molecule has 0 aliphatic carbocycles. The summed E-state index contributed by atoms with van der Waals surface area (Å²) in [7, 11) is 1.60. The SMILES string of the molecule is Cc1ccc(C(=O)Cn2ncn(C)c2=O)c(C)c1. The Hall–Kier alpha value is -2.17. The van der Waals surface area contributed by atoms with Gasteiger partial charge in [0.05, 0.1) is 0 Å². The highest BCUT2D eigenvalue weighted by Gasteiger charge is 2.12. The molecule has 0 saturated carbocycles. The zero-order valence-electron chi connectivity index (χ0n) is 10.7. The first kappa shape index (κ1) is 12.3. The average Bonchev–Trinajstić information content (AvgIpc) is 2.61. The first-order chi connectivity index (χ1) is 8.49. The molecule has 0 radical (unpaired) electrons. The number of nitrogens with zero attached hydrogens (tertiary/aromatic N) is 3.